The van der Waals surface area contributed by atoms with Gasteiger partial charge in [-0.25, -0.2) is 9.18 Å². The van der Waals surface area contributed by atoms with Gasteiger partial charge in [-0.2, -0.15) is 0 Å². The zero-order valence-corrected chi connectivity index (χ0v) is 14.5. The van der Waals surface area contributed by atoms with Crippen LogP contribution in [0.1, 0.15) is 24.2 Å². The molecule has 0 aromatic heterocycles. The maximum atomic E-state index is 13.5. The maximum absolute atomic E-state index is 13.5. The third-order valence-corrected chi connectivity index (χ3v) is 3.23. The fourth-order valence-corrected chi connectivity index (χ4v) is 2.11. The van der Waals surface area contributed by atoms with E-state index in [1.54, 1.807) is 12.1 Å². The third kappa shape index (κ3) is 5.76. The Bertz CT molecular complexity index is 762. The Hall–Kier alpha value is -2.60. The average molecular weight is 366 g/mol. The van der Waals surface area contributed by atoms with Crippen LogP contribution in [0.5, 0.6) is 5.75 Å². The lowest BCUT2D eigenvalue weighted by Crippen LogP contribution is -2.21. The van der Waals surface area contributed by atoms with Crippen molar-refractivity contribution in [2.45, 2.75) is 20.0 Å². The third-order valence-electron chi connectivity index (χ3n) is 3.00. The van der Waals surface area contributed by atoms with E-state index in [4.69, 9.17) is 21.1 Å². The highest BCUT2D eigenvalue weighted by Crippen LogP contribution is 2.19. The zero-order valence-electron chi connectivity index (χ0n) is 13.7. The highest BCUT2D eigenvalue weighted by atomic mass is 35.5. The van der Waals surface area contributed by atoms with Crippen molar-refractivity contribution in [3.8, 4) is 5.75 Å². The maximum Gasteiger partial charge on any atom is 0.338 e. The molecule has 0 radical (unpaired) electrons. The van der Waals surface area contributed by atoms with Crippen LogP contribution in [0.15, 0.2) is 42.5 Å². The summed E-state index contributed by atoms with van der Waals surface area (Å²) in [7, 11) is 0. The molecular formula is C18H17ClFNO4. The summed E-state index contributed by atoms with van der Waals surface area (Å²) in [6.45, 7) is 3.24. The molecule has 0 spiro atoms. The number of anilines is 1. The van der Waals surface area contributed by atoms with Crippen LogP contribution in [0.3, 0.4) is 0 Å². The van der Waals surface area contributed by atoms with E-state index in [1.165, 1.54) is 24.3 Å². The van der Waals surface area contributed by atoms with E-state index in [1.807, 2.05) is 13.8 Å². The summed E-state index contributed by atoms with van der Waals surface area (Å²) in [5.74, 6) is -1.35. The van der Waals surface area contributed by atoms with Crippen LogP contribution >= 0.6 is 11.6 Å². The topological polar surface area (TPSA) is 64.6 Å². The molecule has 0 aliphatic heterocycles. The lowest BCUT2D eigenvalue weighted by atomic mass is 10.2. The van der Waals surface area contributed by atoms with Gasteiger partial charge in [-0.15, -0.1) is 0 Å². The lowest BCUT2D eigenvalue weighted by Gasteiger charge is -2.10. The van der Waals surface area contributed by atoms with Crippen LogP contribution in [0.4, 0.5) is 10.1 Å². The molecule has 7 heteroatoms. The van der Waals surface area contributed by atoms with Crippen molar-refractivity contribution in [1.82, 2.24) is 0 Å². The van der Waals surface area contributed by atoms with Gasteiger partial charge in [0.25, 0.3) is 5.91 Å². The van der Waals surface area contributed by atoms with Crippen molar-refractivity contribution in [2.75, 3.05) is 11.9 Å². The number of esters is 1. The molecule has 0 heterocycles. The Balaban J connectivity index is 1.88. The second-order valence-corrected chi connectivity index (χ2v) is 5.88. The number of carbonyl (C=O) groups is 2. The first-order valence-corrected chi connectivity index (χ1v) is 7.91. The molecule has 0 saturated heterocycles. The van der Waals surface area contributed by atoms with Crippen molar-refractivity contribution in [3.05, 3.63) is 58.9 Å². The van der Waals surface area contributed by atoms with Gasteiger partial charge in [-0.05, 0) is 56.3 Å². The van der Waals surface area contributed by atoms with Crippen molar-refractivity contribution >= 4 is 29.2 Å². The van der Waals surface area contributed by atoms with E-state index in [2.05, 4.69) is 5.32 Å². The predicted molar refractivity (Wildman–Crippen MR) is 92.5 cm³/mol. The summed E-state index contributed by atoms with van der Waals surface area (Å²) >= 11 is 5.74. The molecule has 2 aromatic carbocycles. The number of rotatable bonds is 6. The smallest absolute Gasteiger partial charge is 0.338 e. The summed E-state index contributed by atoms with van der Waals surface area (Å²) < 4.78 is 23.9. The van der Waals surface area contributed by atoms with E-state index in [0.717, 1.165) is 6.07 Å². The van der Waals surface area contributed by atoms with Gasteiger partial charge < -0.3 is 14.8 Å². The Labute approximate surface area is 149 Å². The molecule has 0 aliphatic carbocycles. The van der Waals surface area contributed by atoms with Gasteiger partial charge in [0.15, 0.2) is 6.61 Å². The molecule has 5 nitrogen and oxygen atoms in total. The fraction of sp³-hybridized carbons (Fsp3) is 0.222. The largest absolute Gasteiger partial charge is 0.491 e. The van der Waals surface area contributed by atoms with Gasteiger partial charge in [0.2, 0.25) is 0 Å². The number of halogens is 2. The molecule has 0 bridgehead atoms. The minimum absolute atomic E-state index is 0.0217. The molecule has 25 heavy (non-hydrogen) atoms. The van der Waals surface area contributed by atoms with Crippen LogP contribution in [-0.2, 0) is 9.53 Å². The summed E-state index contributed by atoms with van der Waals surface area (Å²) in [4.78, 5) is 23.7. The van der Waals surface area contributed by atoms with E-state index in [9.17, 15) is 14.0 Å². The molecule has 0 atom stereocenters. The van der Waals surface area contributed by atoms with Crippen molar-refractivity contribution < 1.29 is 23.5 Å². The minimum Gasteiger partial charge on any atom is -0.491 e. The zero-order chi connectivity index (χ0) is 18.4. The number of carbonyl (C=O) groups excluding carboxylic acids is 2. The van der Waals surface area contributed by atoms with Gasteiger partial charge in [0.05, 0.1) is 17.4 Å². The molecule has 1 amide bonds. The second kappa shape index (κ2) is 8.48. The van der Waals surface area contributed by atoms with Gasteiger partial charge in [0.1, 0.15) is 11.6 Å². The first-order valence-electron chi connectivity index (χ1n) is 7.54. The monoisotopic (exact) mass is 365 g/mol. The van der Waals surface area contributed by atoms with E-state index >= 15 is 0 Å². The van der Waals surface area contributed by atoms with E-state index < -0.39 is 24.3 Å². The SMILES string of the molecule is CC(C)Oc1ccc(C(=O)OCC(=O)Nc2cc(Cl)ccc2F)cc1. The number of benzene rings is 2. The van der Waals surface area contributed by atoms with E-state index in [-0.39, 0.29) is 22.4 Å². The highest BCUT2D eigenvalue weighted by Gasteiger charge is 2.12. The summed E-state index contributed by atoms with van der Waals surface area (Å²) in [5, 5.41) is 2.57. The second-order valence-electron chi connectivity index (χ2n) is 5.44. The highest BCUT2D eigenvalue weighted by molar-refractivity contribution is 6.30. The van der Waals surface area contributed by atoms with Crippen LogP contribution in [0, 0.1) is 5.82 Å². The van der Waals surface area contributed by atoms with Gasteiger partial charge >= 0.3 is 5.97 Å². The van der Waals surface area contributed by atoms with Crippen LogP contribution < -0.4 is 10.1 Å². The molecule has 132 valence electrons. The summed E-state index contributed by atoms with van der Waals surface area (Å²) in [5.41, 5.74) is 0.196. The lowest BCUT2D eigenvalue weighted by molar-refractivity contribution is -0.119. The van der Waals surface area contributed by atoms with Gasteiger partial charge in [0, 0.05) is 5.02 Å². The summed E-state index contributed by atoms with van der Waals surface area (Å²) in [6.07, 6.45) is 0.0217. The molecule has 1 N–H and O–H groups in total. The molecule has 2 rings (SSSR count). The average Bonchev–Trinajstić information content (AvgIpc) is 2.56. The number of ether oxygens (including phenoxy) is 2. The van der Waals surface area contributed by atoms with Crippen LogP contribution in [0.2, 0.25) is 5.02 Å². The molecule has 0 fully saturated rings. The Morgan fingerprint density at radius 1 is 1.16 bits per heavy atom. The minimum atomic E-state index is -0.672. The predicted octanol–water partition coefficient (Wildman–Crippen LogP) is 4.06. The Kier molecular flexibility index (Phi) is 6.36. The number of amides is 1. The first kappa shape index (κ1) is 18.7. The summed E-state index contributed by atoms with van der Waals surface area (Å²) in [6, 6.07) is 10.1. The quantitative estimate of drug-likeness (QED) is 0.784. The standard InChI is InChI=1S/C18H17ClFNO4/c1-11(2)25-14-6-3-12(4-7-14)18(23)24-10-17(22)21-16-9-13(19)5-8-15(16)20/h3-9,11H,10H2,1-2H3,(H,21,22). The fourth-order valence-electron chi connectivity index (χ4n) is 1.94. The Morgan fingerprint density at radius 2 is 1.84 bits per heavy atom. The molecular weight excluding hydrogens is 349 g/mol. The number of hydrogen-bond acceptors (Lipinski definition) is 4. The first-order chi connectivity index (χ1) is 11.8. The van der Waals surface area contributed by atoms with Crippen LogP contribution in [-0.4, -0.2) is 24.6 Å². The van der Waals surface area contributed by atoms with Crippen molar-refractivity contribution in [2.24, 2.45) is 0 Å². The number of hydrogen-bond donors (Lipinski definition) is 1. The Morgan fingerprint density at radius 3 is 2.48 bits per heavy atom. The van der Waals surface area contributed by atoms with Crippen molar-refractivity contribution in [1.29, 1.82) is 0 Å². The molecule has 0 aliphatic rings. The van der Waals surface area contributed by atoms with E-state index in [0.29, 0.717) is 5.75 Å². The van der Waals surface area contributed by atoms with Gasteiger partial charge in [-0.1, -0.05) is 11.6 Å². The normalized spacial score (nSPS) is 10.4. The van der Waals surface area contributed by atoms with Crippen LogP contribution in [0.25, 0.3) is 0 Å². The van der Waals surface area contributed by atoms with Crippen molar-refractivity contribution in [3.63, 3.8) is 0 Å². The molecule has 0 unspecified atom stereocenters. The molecule has 0 saturated carbocycles. The van der Waals surface area contributed by atoms with Gasteiger partial charge in [-0.3, -0.25) is 4.79 Å². The molecule has 2 aromatic rings. The number of nitrogens with one attached hydrogen (secondary N) is 1.